The van der Waals surface area contributed by atoms with E-state index in [0.717, 1.165) is 0 Å². The first kappa shape index (κ1) is 14.1. The first-order valence-corrected chi connectivity index (χ1v) is 5.23. The summed E-state index contributed by atoms with van der Waals surface area (Å²) in [5.74, 6) is -0.948. The number of ether oxygens (including phenoxy) is 2. The first-order chi connectivity index (χ1) is 8.51. The molecule has 0 fully saturated rings. The summed E-state index contributed by atoms with van der Waals surface area (Å²) in [6, 6.07) is 0. The van der Waals surface area contributed by atoms with Gasteiger partial charge in [0.1, 0.15) is 5.56 Å². The van der Waals surface area contributed by atoms with E-state index < -0.39 is 23.4 Å². The minimum atomic E-state index is -2.98. The van der Waals surface area contributed by atoms with Crippen LogP contribution in [0.1, 0.15) is 24.5 Å². The number of nitrogens with one attached hydrogen (secondary N) is 1. The van der Waals surface area contributed by atoms with E-state index in [9.17, 15) is 18.4 Å². The van der Waals surface area contributed by atoms with Crippen molar-refractivity contribution >= 4 is 5.97 Å². The number of rotatable bonds is 5. The lowest BCUT2D eigenvalue weighted by atomic mass is 10.1. The zero-order chi connectivity index (χ0) is 13.7. The Bertz CT molecular complexity index is 484. The number of hydrogen-bond donors (Lipinski definition) is 1. The number of aromatic nitrogens is 1. The summed E-state index contributed by atoms with van der Waals surface area (Å²) in [5.41, 5.74) is -1.77. The third-order valence-electron chi connectivity index (χ3n) is 2.22. The van der Waals surface area contributed by atoms with Gasteiger partial charge in [0.15, 0.2) is 5.43 Å². The molecule has 0 radical (unpaired) electrons. The predicted octanol–water partition coefficient (Wildman–Crippen LogP) is 1.43. The lowest BCUT2D eigenvalue weighted by Gasteiger charge is -2.08. The topological polar surface area (TPSA) is 68.4 Å². The molecule has 1 heterocycles. The van der Waals surface area contributed by atoms with E-state index in [0.29, 0.717) is 0 Å². The Morgan fingerprint density at radius 2 is 2.17 bits per heavy atom. The van der Waals surface area contributed by atoms with Crippen molar-refractivity contribution in [2.75, 3.05) is 13.7 Å². The van der Waals surface area contributed by atoms with Crippen molar-refractivity contribution in [1.82, 2.24) is 4.98 Å². The molecule has 5 nitrogen and oxygen atoms in total. The van der Waals surface area contributed by atoms with Crippen molar-refractivity contribution in [1.29, 1.82) is 0 Å². The lowest BCUT2D eigenvalue weighted by Crippen LogP contribution is -2.21. The number of hydrogen-bond acceptors (Lipinski definition) is 4. The van der Waals surface area contributed by atoms with Crippen molar-refractivity contribution in [3.63, 3.8) is 0 Å². The fourth-order valence-corrected chi connectivity index (χ4v) is 1.44. The Morgan fingerprint density at radius 1 is 1.50 bits per heavy atom. The summed E-state index contributed by atoms with van der Waals surface area (Å²) in [6.45, 7) is 1.77. The van der Waals surface area contributed by atoms with Crippen LogP contribution in [-0.4, -0.2) is 24.7 Å². The maximum atomic E-state index is 12.7. The molecule has 0 spiro atoms. The van der Waals surface area contributed by atoms with E-state index in [1.165, 1.54) is 13.3 Å². The maximum Gasteiger partial charge on any atom is 0.310 e. The third kappa shape index (κ3) is 3.06. The molecular weight excluding hydrogens is 248 g/mol. The molecule has 100 valence electrons. The Labute approximate surface area is 102 Å². The van der Waals surface area contributed by atoms with Crippen molar-refractivity contribution in [3.05, 3.63) is 27.5 Å². The zero-order valence-electron chi connectivity index (χ0n) is 9.96. The van der Waals surface area contributed by atoms with Gasteiger partial charge in [0, 0.05) is 11.8 Å². The van der Waals surface area contributed by atoms with Gasteiger partial charge < -0.3 is 14.5 Å². The molecule has 0 unspecified atom stereocenters. The van der Waals surface area contributed by atoms with Crippen LogP contribution >= 0.6 is 0 Å². The number of carbonyl (C=O) groups excluding carboxylic acids is 1. The monoisotopic (exact) mass is 261 g/mol. The van der Waals surface area contributed by atoms with Crippen LogP contribution in [0.4, 0.5) is 8.78 Å². The normalized spacial score (nSPS) is 10.5. The highest BCUT2D eigenvalue weighted by Crippen LogP contribution is 2.23. The molecular formula is C11H13F2NO4. The second kappa shape index (κ2) is 6.13. The number of esters is 1. The van der Waals surface area contributed by atoms with E-state index >= 15 is 0 Å². The molecule has 7 heteroatoms. The Balaban J connectivity index is 3.13. The van der Waals surface area contributed by atoms with Crippen LogP contribution in [0, 0.1) is 0 Å². The van der Waals surface area contributed by atoms with Crippen LogP contribution in [0.15, 0.2) is 11.0 Å². The highest BCUT2D eigenvalue weighted by atomic mass is 19.3. The van der Waals surface area contributed by atoms with E-state index in [-0.39, 0.29) is 24.5 Å². The molecule has 1 aromatic heterocycles. The molecule has 0 saturated heterocycles. The molecule has 0 amide bonds. The van der Waals surface area contributed by atoms with Gasteiger partial charge in [-0.1, -0.05) is 0 Å². The minimum absolute atomic E-state index is 0.0791. The smallest absolute Gasteiger partial charge is 0.310 e. The molecule has 1 aromatic rings. The van der Waals surface area contributed by atoms with Gasteiger partial charge in [-0.3, -0.25) is 9.59 Å². The van der Waals surface area contributed by atoms with Crippen LogP contribution in [0.2, 0.25) is 0 Å². The Hall–Kier alpha value is -1.92. The van der Waals surface area contributed by atoms with Gasteiger partial charge in [0.2, 0.25) is 5.88 Å². The molecule has 1 N–H and O–H groups in total. The van der Waals surface area contributed by atoms with Gasteiger partial charge in [-0.2, -0.15) is 0 Å². The van der Waals surface area contributed by atoms with Crippen molar-refractivity contribution in [2.45, 2.75) is 19.8 Å². The number of methoxy groups -OCH3 is 1. The number of halogens is 2. The third-order valence-corrected chi connectivity index (χ3v) is 2.22. The maximum absolute atomic E-state index is 12.7. The minimum Gasteiger partial charge on any atom is -0.482 e. The molecule has 1 rings (SSSR count). The average Bonchev–Trinajstić information content (AvgIpc) is 2.31. The number of alkyl halides is 2. The predicted molar refractivity (Wildman–Crippen MR) is 58.9 cm³/mol. The summed E-state index contributed by atoms with van der Waals surface area (Å²) in [7, 11) is 1.17. The standard InChI is InChI=1S/C11H13F2NO4/c1-3-18-7(15)4-6-5-14-11(17-2)8(9(6)16)10(12)13/h5,10H,3-4H2,1-2H3,(H,14,16). The van der Waals surface area contributed by atoms with Crippen molar-refractivity contribution in [2.24, 2.45) is 0 Å². The molecule has 18 heavy (non-hydrogen) atoms. The fraction of sp³-hybridized carbons (Fsp3) is 0.455. The van der Waals surface area contributed by atoms with Crippen LogP contribution in [0.25, 0.3) is 0 Å². The first-order valence-electron chi connectivity index (χ1n) is 5.23. The van der Waals surface area contributed by atoms with Crippen molar-refractivity contribution in [3.8, 4) is 5.88 Å². The summed E-state index contributed by atoms with van der Waals surface area (Å²) in [4.78, 5) is 25.4. The number of pyridine rings is 1. The Kier molecular flexibility index (Phi) is 4.82. The fourth-order valence-electron chi connectivity index (χ4n) is 1.44. The van der Waals surface area contributed by atoms with E-state index in [4.69, 9.17) is 0 Å². The van der Waals surface area contributed by atoms with Gasteiger partial charge in [0.25, 0.3) is 6.43 Å². The number of carbonyl (C=O) groups is 1. The van der Waals surface area contributed by atoms with Gasteiger partial charge >= 0.3 is 5.97 Å². The average molecular weight is 261 g/mol. The van der Waals surface area contributed by atoms with Crippen LogP contribution < -0.4 is 10.2 Å². The van der Waals surface area contributed by atoms with E-state index in [1.807, 2.05) is 0 Å². The van der Waals surface area contributed by atoms with E-state index in [1.54, 1.807) is 6.92 Å². The molecule has 0 aliphatic carbocycles. The molecule has 0 aromatic carbocycles. The van der Waals surface area contributed by atoms with Crippen LogP contribution in [0.5, 0.6) is 5.88 Å². The highest BCUT2D eigenvalue weighted by molar-refractivity contribution is 5.72. The summed E-state index contributed by atoms with van der Waals surface area (Å²) >= 11 is 0. The lowest BCUT2D eigenvalue weighted by molar-refractivity contribution is -0.142. The summed E-state index contributed by atoms with van der Waals surface area (Å²) in [5, 5.41) is 0. The number of aromatic amines is 1. The second-order valence-electron chi connectivity index (χ2n) is 3.37. The Morgan fingerprint density at radius 3 is 2.67 bits per heavy atom. The van der Waals surface area contributed by atoms with Crippen molar-refractivity contribution < 1.29 is 23.0 Å². The summed E-state index contributed by atoms with van der Waals surface area (Å²) in [6.07, 6.45) is -2.16. The quantitative estimate of drug-likeness (QED) is 0.814. The van der Waals surface area contributed by atoms with Gasteiger partial charge in [-0.15, -0.1) is 0 Å². The van der Waals surface area contributed by atoms with Crippen LogP contribution in [-0.2, 0) is 16.0 Å². The molecule has 0 bridgehead atoms. The number of H-pyrrole nitrogens is 1. The van der Waals surface area contributed by atoms with Gasteiger partial charge in [0.05, 0.1) is 20.1 Å². The summed E-state index contributed by atoms with van der Waals surface area (Å²) < 4.78 is 34.7. The molecule has 0 saturated carbocycles. The van der Waals surface area contributed by atoms with Crippen LogP contribution in [0.3, 0.4) is 0 Å². The van der Waals surface area contributed by atoms with Gasteiger partial charge in [-0.25, -0.2) is 8.78 Å². The van der Waals surface area contributed by atoms with Gasteiger partial charge in [-0.05, 0) is 6.92 Å². The molecule has 0 aliphatic rings. The zero-order valence-corrected chi connectivity index (χ0v) is 9.96. The van der Waals surface area contributed by atoms with E-state index in [2.05, 4.69) is 14.5 Å². The largest absolute Gasteiger partial charge is 0.482 e. The molecule has 0 atom stereocenters. The second-order valence-corrected chi connectivity index (χ2v) is 3.37. The highest BCUT2D eigenvalue weighted by Gasteiger charge is 2.22. The SMILES string of the molecule is CCOC(=O)Cc1c[nH]c(OC)c(C(F)F)c1=O. The molecule has 0 aliphatic heterocycles.